The summed E-state index contributed by atoms with van der Waals surface area (Å²) in [4.78, 5) is 22.7. The molecule has 0 aliphatic carbocycles. The molecular weight excluding hydrogens is 352 g/mol. The maximum Gasteiger partial charge on any atom is 0.170 e. The van der Waals surface area contributed by atoms with Crippen LogP contribution in [0.15, 0.2) is 48.5 Å². The number of para-hydroxylation sites is 2. The van der Waals surface area contributed by atoms with Crippen molar-refractivity contribution in [3.8, 4) is 11.5 Å². The SMILES string of the molecule is CC(=O)c1ccccc1O.CCCCCCCC1CC(=O)c2ccccc2O1. The summed E-state index contributed by atoms with van der Waals surface area (Å²) < 4.78 is 5.89. The van der Waals surface area contributed by atoms with E-state index in [9.17, 15) is 9.59 Å². The quantitative estimate of drug-likeness (QED) is 0.473. The Balaban J connectivity index is 0.000000237. The van der Waals surface area contributed by atoms with Gasteiger partial charge in [-0.15, -0.1) is 0 Å². The second kappa shape index (κ2) is 11.3. The Morgan fingerprint density at radius 1 is 1.04 bits per heavy atom. The normalized spacial score (nSPS) is 15.1. The molecule has 1 aliphatic heterocycles. The highest BCUT2D eigenvalue weighted by atomic mass is 16.5. The third-order valence-electron chi connectivity index (χ3n) is 4.81. The topological polar surface area (TPSA) is 63.6 Å². The van der Waals surface area contributed by atoms with Crippen LogP contribution in [0.4, 0.5) is 0 Å². The first-order valence-electron chi connectivity index (χ1n) is 10.1. The molecule has 1 N–H and O–H groups in total. The average molecular weight is 383 g/mol. The van der Waals surface area contributed by atoms with Crippen molar-refractivity contribution in [1.82, 2.24) is 0 Å². The number of fused-ring (bicyclic) bond motifs is 1. The fourth-order valence-corrected chi connectivity index (χ4v) is 3.25. The molecular formula is C24H30O4. The number of benzene rings is 2. The Hall–Kier alpha value is -2.62. The molecule has 1 heterocycles. The predicted octanol–water partition coefficient (Wildman–Crippen LogP) is 5.98. The van der Waals surface area contributed by atoms with Crippen LogP contribution in [-0.4, -0.2) is 22.8 Å². The minimum atomic E-state index is -0.113. The minimum absolute atomic E-state index is 0.0509. The van der Waals surface area contributed by atoms with Gasteiger partial charge < -0.3 is 9.84 Å². The first-order chi connectivity index (χ1) is 13.5. The Kier molecular flexibility index (Phi) is 8.73. The molecule has 0 spiro atoms. The van der Waals surface area contributed by atoms with Crippen molar-refractivity contribution in [2.24, 2.45) is 0 Å². The smallest absolute Gasteiger partial charge is 0.170 e. The highest BCUT2D eigenvalue weighted by Crippen LogP contribution is 2.29. The van der Waals surface area contributed by atoms with Gasteiger partial charge in [-0.05, 0) is 44.0 Å². The van der Waals surface area contributed by atoms with Gasteiger partial charge in [-0.1, -0.05) is 56.9 Å². The van der Waals surface area contributed by atoms with E-state index in [0.717, 1.165) is 17.7 Å². The zero-order chi connectivity index (χ0) is 20.4. The molecule has 4 heteroatoms. The van der Waals surface area contributed by atoms with Crippen molar-refractivity contribution in [3.05, 3.63) is 59.7 Å². The van der Waals surface area contributed by atoms with E-state index in [1.54, 1.807) is 18.2 Å². The lowest BCUT2D eigenvalue weighted by molar-refractivity contribution is 0.0834. The molecule has 0 radical (unpaired) electrons. The summed E-state index contributed by atoms with van der Waals surface area (Å²) in [6.45, 7) is 3.65. The fourth-order valence-electron chi connectivity index (χ4n) is 3.25. The standard InChI is InChI=1S/C16H22O2.C8H8O2/c1-2-3-4-5-6-9-13-12-15(17)14-10-7-8-11-16(14)18-13;1-6(9)7-4-2-3-5-8(7)10/h7-8,10-11,13H,2-6,9,12H2,1H3;2-5,10H,1H3. The summed E-state index contributed by atoms with van der Waals surface area (Å²) in [7, 11) is 0. The molecule has 0 fully saturated rings. The number of ketones is 2. The number of aromatic hydroxyl groups is 1. The van der Waals surface area contributed by atoms with Crippen LogP contribution in [0.1, 0.15) is 79.5 Å². The predicted molar refractivity (Wildman–Crippen MR) is 111 cm³/mol. The summed E-state index contributed by atoms with van der Waals surface area (Å²) in [5, 5.41) is 9.06. The lowest BCUT2D eigenvalue weighted by atomic mass is 9.97. The molecule has 1 atom stereocenters. The Bertz CT molecular complexity index is 782. The number of carbonyl (C=O) groups is 2. The molecule has 28 heavy (non-hydrogen) atoms. The Morgan fingerprint density at radius 2 is 1.71 bits per heavy atom. The second-order valence-electron chi connectivity index (χ2n) is 7.14. The van der Waals surface area contributed by atoms with Gasteiger partial charge in [-0.2, -0.15) is 0 Å². The highest BCUT2D eigenvalue weighted by molar-refractivity contribution is 5.99. The average Bonchev–Trinajstić information content (AvgIpc) is 2.68. The monoisotopic (exact) mass is 382 g/mol. The summed E-state index contributed by atoms with van der Waals surface area (Å²) in [5.41, 5.74) is 1.13. The van der Waals surface area contributed by atoms with Crippen LogP contribution < -0.4 is 4.74 Å². The van der Waals surface area contributed by atoms with Gasteiger partial charge in [0.05, 0.1) is 11.1 Å². The summed E-state index contributed by atoms with van der Waals surface area (Å²) in [6, 6.07) is 14.1. The fraction of sp³-hybridized carbons (Fsp3) is 0.417. The number of phenols is 1. The van der Waals surface area contributed by atoms with Gasteiger partial charge in [0.1, 0.15) is 17.6 Å². The first-order valence-corrected chi connectivity index (χ1v) is 10.1. The van der Waals surface area contributed by atoms with Crippen LogP contribution in [0.25, 0.3) is 0 Å². The lowest BCUT2D eigenvalue weighted by Crippen LogP contribution is -2.26. The third-order valence-corrected chi connectivity index (χ3v) is 4.81. The van der Waals surface area contributed by atoms with Crippen LogP contribution in [-0.2, 0) is 0 Å². The molecule has 0 amide bonds. The van der Waals surface area contributed by atoms with Gasteiger partial charge in [-0.25, -0.2) is 0 Å². The van der Waals surface area contributed by atoms with E-state index < -0.39 is 0 Å². The highest BCUT2D eigenvalue weighted by Gasteiger charge is 2.25. The van der Waals surface area contributed by atoms with Gasteiger partial charge in [0, 0.05) is 6.42 Å². The van der Waals surface area contributed by atoms with Gasteiger partial charge in [0.2, 0.25) is 0 Å². The number of rotatable bonds is 7. The Labute approximate surface area is 167 Å². The minimum Gasteiger partial charge on any atom is -0.507 e. The number of ether oxygens (including phenoxy) is 1. The van der Waals surface area contributed by atoms with Gasteiger partial charge in [-0.3, -0.25) is 9.59 Å². The number of hydrogen-bond acceptors (Lipinski definition) is 4. The van der Waals surface area contributed by atoms with Crippen LogP contribution >= 0.6 is 0 Å². The summed E-state index contributed by atoms with van der Waals surface area (Å²) in [6.07, 6.45) is 7.94. The van der Waals surface area contributed by atoms with Crippen LogP contribution in [0.5, 0.6) is 11.5 Å². The number of unbranched alkanes of at least 4 members (excludes halogenated alkanes) is 4. The number of Topliss-reactive ketones (excluding diaryl/α,β-unsaturated/α-hetero) is 2. The second-order valence-corrected chi connectivity index (χ2v) is 7.14. The molecule has 150 valence electrons. The largest absolute Gasteiger partial charge is 0.507 e. The molecule has 2 aromatic carbocycles. The number of phenolic OH excluding ortho intramolecular Hbond substituents is 1. The van der Waals surface area contributed by atoms with Crippen molar-refractivity contribution in [3.63, 3.8) is 0 Å². The van der Waals surface area contributed by atoms with Crippen molar-refractivity contribution in [2.75, 3.05) is 0 Å². The molecule has 3 rings (SSSR count). The molecule has 0 saturated heterocycles. The van der Waals surface area contributed by atoms with E-state index in [4.69, 9.17) is 9.84 Å². The van der Waals surface area contributed by atoms with Crippen LogP contribution in [0.2, 0.25) is 0 Å². The van der Waals surface area contributed by atoms with E-state index in [-0.39, 0.29) is 23.4 Å². The third kappa shape index (κ3) is 6.52. The van der Waals surface area contributed by atoms with Gasteiger partial charge in [0.25, 0.3) is 0 Å². The van der Waals surface area contributed by atoms with E-state index in [2.05, 4.69) is 6.92 Å². The zero-order valence-corrected chi connectivity index (χ0v) is 16.8. The van der Waals surface area contributed by atoms with Crippen molar-refractivity contribution < 1.29 is 19.4 Å². The maximum absolute atomic E-state index is 12.0. The molecule has 0 aromatic heterocycles. The van der Waals surface area contributed by atoms with Crippen molar-refractivity contribution >= 4 is 11.6 Å². The van der Waals surface area contributed by atoms with Crippen LogP contribution in [0.3, 0.4) is 0 Å². The summed E-state index contributed by atoms with van der Waals surface area (Å²) >= 11 is 0. The van der Waals surface area contributed by atoms with E-state index in [1.807, 2.05) is 24.3 Å². The van der Waals surface area contributed by atoms with Crippen molar-refractivity contribution in [1.29, 1.82) is 0 Å². The van der Waals surface area contributed by atoms with Gasteiger partial charge in [0.15, 0.2) is 11.6 Å². The van der Waals surface area contributed by atoms with Gasteiger partial charge >= 0.3 is 0 Å². The molecule has 1 unspecified atom stereocenters. The molecule has 4 nitrogen and oxygen atoms in total. The number of carbonyl (C=O) groups excluding carboxylic acids is 2. The molecule has 0 saturated carbocycles. The maximum atomic E-state index is 12.0. The Morgan fingerprint density at radius 3 is 2.39 bits per heavy atom. The first kappa shape index (κ1) is 21.7. The molecule has 2 aromatic rings. The number of hydrogen-bond donors (Lipinski definition) is 1. The van der Waals surface area contributed by atoms with Crippen molar-refractivity contribution in [2.45, 2.75) is 64.9 Å². The molecule has 0 bridgehead atoms. The van der Waals surface area contributed by atoms with E-state index in [1.165, 1.54) is 45.1 Å². The lowest BCUT2D eigenvalue weighted by Gasteiger charge is -2.25. The summed E-state index contributed by atoms with van der Waals surface area (Å²) in [5.74, 6) is 0.941. The van der Waals surface area contributed by atoms with E-state index >= 15 is 0 Å². The zero-order valence-electron chi connectivity index (χ0n) is 16.8. The molecule has 1 aliphatic rings. The van der Waals surface area contributed by atoms with Crippen LogP contribution in [0, 0.1) is 0 Å². The van der Waals surface area contributed by atoms with E-state index in [0.29, 0.717) is 12.0 Å².